The van der Waals surface area contributed by atoms with Gasteiger partial charge in [0, 0.05) is 29.5 Å². The molecule has 0 saturated carbocycles. The zero-order chi connectivity index (χ0) is 21.3. The summed E-state index contributed by atoms with van der Waals surface area (Å²) in [6.07, 6.45) is 0.652. The van der Waals surface area contributed by atoms with Crippen molar-refractivity contribution in [2.45, 2.75) is 19.3 Å². The van der Waals surface area contributed by atoms with E-state index in [1.54, 1.807) is 24.3 Å². The third kappa shape index (κ3) is 6.24. The molecule has 1 aromatic carbocycles. The first kappa shape index (κ1) is 21.2. The highest BCUT2D eigenvalue weighted by Gasteiger charge is 2.11. The Morgan fingerprint density at radius 2 is 1.90 bits per heavy atom. The molecule has 3 aromatic rings. The minimum Gasteiger partial charge on any atom is -0.468 e. The first-order valence-corrected chi connectivity index (χ1v) is 10.0. The number of methoxy groups -OCH3 is 1. The van der Waals surface area contributed by atoms with E-state index in [1.165, 1.54) is 18.4 Å². The fraction of sp³-hybridized carbons (Fsp3) is 0.250. The van der Waals surface area contributed by atoms with E-state index in [-0.39, 0.29) is 31.2 Å². The lowest BCUT2D eigenvalue weighted by atomic mass is 10.1. The van der Waals surface area contributed by atoms with Crippen LogP contribution in [0.2, 0.25) is 0 Å². The number of aryl methyl sites for hydroxylation is 1. The van der Waals surface area contributed by atoms with Crippen LogP contribution < -0.4 is 10.6 Å². The molecule has 30 heavy (non-hydrogen) atoms. The zero-order valence-electron chi connectivity index (χ0n) is 16.2. The van der Waals surface area contributed by atoms with Gasteiger partial charge < -0.3 is 19.8 Å². The van der Waals surface area contributed by atoms with Gasteiger partial charge in [-0.15, -0.1) is 10.2 Å². The number of nitrogens with zero attached hydrogens (tertiary/aromatic N) is 2. The van der Waals surface area contributed by atoms with Crippen LogP contribution in [0, 0.1) is 0 Å². The van der Waals surface area contributed by atoms with E-state index in [0.29, 0.717) is 23.9 Å². The van der Waals surface area contributed by atoms with Gasteiger partial charge in [-0.3, -0.25) is 14.4 Å². The Bertz CT molecular complexity index is 999. The van der Waals surface area contributed by atoms with Crippen molar-refractivity contribution in [1.29, 1.82) is 0 Å². The lowest BCUT2D eigenvalue weighted by Gasteiger charge is -2.07. The molecule has 0 aliphatic rings. The van der Waals surface area contributed by atoms with Crippen LogP contribution in [0.15, 0.2) is 45.5 Å². The second-order valence-corrected chi connectivity index (χ2v) is 7.07. The van der Waals surface area contributed by atoms with Gasteiger partial charge in [-0.25, -0.2) is 0 Å². The molecule has 0 saturated heterocycles. The predicted molar refractivity (Wildman–Crippen MR) is 110 cm³/mol. The number of nitrogens with one attached hydrogen (secondary N) is 2. The Labute approximate surface area is 176 Å². The van der Waals surface area contributed by atoms with E-state index in [1.807, 2.05) is 16.8 Å². The Balaban J connectivity index is 1.43. The maximum atomic E-state index is 12.2. The lowest BCUT2D eigenvalue weighted by Crippen LogP contribution is -2.31. The molecular weight excluding hydrogens is 408 g/mol. The number of esters is 1. The standard InChI is InChI=1S/C20H20N4O5S/c1-28-19(27)11-21-17(26)10-13-2-4-15(5-3-13)22-16(25)6-7-18-23-24-20(29-18)14-8-9-30-12-14/h2-5,8-9,12H,6-7,10-11H2,1H3,(H,21,26)(H,22,25). The zero-order valence-corrected chi connectivity index (χ0v) is 17.0. The van der Waals surface area contributed by atoms with Crippen LogP contribution in [0.3, 0.4) is 0 Å². The van der Waals surface area contributed by atoms with Gasteiger partial charge in [0.1, 0.15) is 6.54 Å². The SMILES string of the molecule is COC(=O)CNC(=O)Cc1ccc(NC(=O)CCc2nnc(-c3ccsc3)o2)cc1. The second kappa shape index (κ2) is 10.3. The van der Waals surface area contributed by atoms with Crippen LogP contribution >= 0.6 is 11.3 Å². The van der Waals surface area contributed by atoms with Crippen LogP contribution in [-0.2, 0) is 32.0 Å². The lowest BCUT2D eigenvalue weighted by molar-refractivity contribution is -0.141. The Morgan fingerprint density at radius 1 is 1.10 bits per heavy atom. The van der Waals surface area contributed by atoms with Gasteiger partial charge in [-0.05, 0) is 29.1 Å². The topological polar surface area (TPSA) is 123 Å². The first-order valence-electron chi connectivity index (χ1n) is 9.10. The number of ether oxygens (including phenoxy) is 1. The number of aromatic nitrogens is 2. The minimum atomic E-state index is -0.510. The van der Waals surface area contributed by atoms with E-state index in [2.05, 4.69) is 25.6 Å². The molecular formula is C20H20N4O5S. The Morgan fingerprint density at radius 3 is 2.60 bits per heavy atom. The number of hydrogen-bond acceptors (Lipinski definition) is 8. The molecule has 156 valence electrons. The Hall–Kier alpha value is -3.53. The monoisotopic (exact) mass is 428 g/mol. The Kier molecular flexibility index (Phi) is 7.28. The van der Waals surface area contributed by atoms with Gasteiger partial charge in [0.15, 0.2) is 0 Å². The molecule has 0 radical (unpaired) electrons. The fourth-order valence-corrected chi connectivity index (χ4v) is 3.13. The molecule has 9 nitrogen and oxygen atoms in total. The number of carbonyl (C=O) groups is 3. The van der Waals surface area contributed by atoms with Gasteiger partial charge in [0.2, 0.25) is 23.6 Å². The molecule has 10 heteroatoms. The van der Waals surface area contributed by atoms with E-state index >= 15 is 0 Å². The smallest absolute Gasteiger partial charge is 0.325 e. The highest BCUT2D eigenvalue weighted by atomic mass is 32.1. The summed E-state index contributed by atoms with van der Waals surface area (Å²) in [5, 5.41) is 17.0. The number of rotatable bonds is 9. The summed E-state index contributed by atoms with van der Waals surface area (Å²) in [4.78, 5) is 35.0. The molecule has 0 aliphatic heterocycles. The van der Waals surface area contributed by atoms with Crippen molar-refractivity contribution in [2.75, 3.05) is 19.0 Å². The number of hydrogen-bond donors (Lipinski definition) is 2. The maximum absolute atomic E-state index is 12.2. The summed E-state index contributed by atoms with van der Waals surface area (Å²) in [6.45, 7) is -0.168. The average molecular weight is 428 g/mol. The molecule has 0 fully saturated rings. The highest BCUT2D eigenvalue weighted by molar-refractivity contribution is 7.08. The number of benzene rings is 1. The van der Waals surface area contributed by atoms with Crippen molar-refractivity contribution in [3.05, 3.63) is 52.5 Å². The van der Waals surface area contributed by atoms with E-state index < -0.39 is 5.97 Å². The largest absolute Gasteiger partial charge is 0.468 e. The predicted octanol–water partition coefficient (Wildman–Crippen LogP) is 2.20. The molecule has 0 unspecified atom stereocenters. The van der Waals surface area contributed by atoms with E-state index in [9.17, 15) is 14.4 Å². The number of carbonyl (C=O) groups excluding carboxylic acids is 3. The molecule has 2 amide bonds. The van der Waals surface area contributed by atoms with Crippen molar-refractivity contribution in [2.24, 2.45) is 0 Å². The molecule has 2 heterocycles. The first-order chi connectivity index (χ1) is 14.5. The van der Waals surface area contributed by atoms with Crippen molar-refractivity contribution in [3.8, 4) is 11.5 Å². The van der Waals surface area contributed by atoms with Gasteiger partial charge in [0.25, 0.3) is 0 Å². The summed E-state index contributed by atoms with van der Waals surface area (Å²) < 4.78 is 10.0. The van der Waals surface area contributed by atoms with Gasteiger partial charge in [-0.2, -0.15) is 11.3 Å². The maximum Gasteiger partial charge on any atom is 0.325 e. The van der Waals surface area contributed by atoms with Gasteiger partial charge in [0.05, 0.1) is 13.5 Å². The van der Waals surface area contributed by atoms with Gasteiger partial charge in [-0.1, -0.05) is 12.1 Å². The third-order valence-electron chi connectivity index (χ3n) is 4.06. The minimum absolute atomic E-state index is 0.120. The van der Waals surface area contributed by atoms with Crippen molar-refractivity contribution in [3.63, 3.8) is 0 Å². The molecule has 2 N–H and O–H groups in total. The molecule has 0 spiro atoms. The second-order valence-electron chi connectivity index (χ2n) is 6.29. The van der Waals surface area contributed by atoms with Crippen LogP contribution in [0.25, 0.3) is 11.5 Å². The summed E-state index contributed by atoms with van der Waals surface area (Å²) in [7, 11) is 1.26. The van der Waals surface area contributed by atoms with Crippen molar-refractivity contribution in [1.82, 2.24) is 15.5 Å². The van der Waals surface area contributed by atoms with E-state index in [0.717, 1.165) is 11.1 Å². The van der Waals surface area contributed by atoms with Gasteiger partial charge >= 0.3 is 5.97 Å². The summed E-state index contributed by atoms with van der Waals surface area (Å²) in [6, 6.07) is 8.78. The van der Waals surface area contributed by atoms with Crippen LogP contribution in [0.5, 0.6) is 0 Å². The van der Waals surface area contributed by atoms with Crippen LogP contribution in [0.1, 0.15) is 17.9 Å². The number of anilines is 1. The summed E-state index contributed by atoms with van der Waals surface area (Å²) >= 11 is 1.54. The molecule has 0 atom stereocenters. The quantitative estimate of drug-likeness (QED) is 0.501. The summed E-state index contributed by atoms with van der Waals surface area (Å²) in [5.74, 6) is -0.144. The molecule has 0 bridgehead atoms. The number of amides is 2. The van der Waals surface area contributed by atoms with Crippen LogP contribution in [-0.4, -0.2) is 41.6 Å². The molecule has 2 aromatic heterocycles. The van der Waals surface area contributed by atoms with Crippen molar-refractivity contribution >= 4 is 34.8 Å². The summed E-state index contributed by atoms with van der Waals surface area (Å²) in [5.41, 5.74) is 2.23. The average Bonchev–Trinajstić information content (AvgIpc) is 3.43. The van der Waals surface area contributed by atoms with E-state index in [4.69, 9.17) is 4.42 Å². The van der Waals surface area contributed by atoms with Crippen molar-refractivity contribution < 1.29 is 23.5 Å². The van der Waals surface area contributed by atoms with Crippen LogP contribution in [0.4, 0.5) is 5.69 Å². The fourth-order valence-electron chi connectivity index (χ4n) is 2.50. The number of thiophene rings is 1. The third-order valence-corrected chi connectivity index (χ3v) is 4.74. The molecule has 0 aliphatic carbocycles. The normalized spacial score (nSPS) is 10.4. The highest BCUT2D eigenvalue weighted by Crippen LogP contribution is 2.21. The molecule has 3 rings (SSSR count).